The number of nitrogens with zero attached hydrogens (tertiary/aromatic N) is 5. The highest BCUT2D eigenvalue weighted by atomic mass is 15.3. The van der Waals surface area contributed by atoms with Crippen LogP contribution in [0.25, 0.3) is 0 Å². The lowest BCUT2D eigenvalue weighted by molar-refractivity contribution is 0.267. The number of aryl methyl sites for hydroxylation is 1. The van der Waals surface area contributed by atoms with Crippen molar-refractivity contribution in [3.63, 3.8) is 0 Å². The molecular formula is C13H25N7. The molecule has 1 aromatic heterocycles. The average molecular weight is 279 g/mol. The average Bonchev–Trinajstić information content (AvgIpc) is 3.10. The zero-order valence-corrected chi connectivity index (χ0v) is 12.4. The second kappa shape index (κ2) is 7.23. The SMILES string of the molecule is CCN1CCCC1CNC(N)=NCc1nncn1CC. The number of nitrogens with two attached hydrogens (primary N) is 1. The summed E-state index contributed by atoms with van der Waals surface area (Å²) in [6.07, 6.45) is 4.22. The van der Waals surface area contributed by atoms with Crippen LogP contribution in [0.5, 0.6) is 0 Å². The van der Waals surface area contributed by atoms with Crippen LogP contribution in [-0.2, 0) is 13.1 Å². The molecule has 0 aromatic carbocycles. The van der Waals surface area contributed by atoms with Crippen LogP contribution in [-0.4, -0.2) is 51.3 Å². The second-order valence-corrected chi connectivity index (χ2v) is 5.04. The van der Waals surface area contributed by atoms with Gasteiger partial charge < -0.3 is 15.6 Å². The van der Waals surface area contributed by atoms with Crippen LogP contribution in [0.15, 0.2) is 11.3 Å². The van der Waals surface area contributed by atoms with Gasteiger partial charge in [-0.1, -0.05) is 6.92 Å². The molecule has 0 aliphatic carbocycles. The lowest BCUT2D eigenvalue weighted by Gasteiger charge is -2.23. The molecule has 1 fully saturated rings. The summed E-state index contributed by atoms with van der Waals surface area (Å²) >= 11 is 0. The van der Waals surface area contributed by atoms with Crippen LogP contribution in [0.3, 0.4) is 0 Å². The van der Waals surface area contributed by atoms with Crippen molar-refractivity contribution in [2.45, 2.75) is 45.8 Å². The number of aromatic nitrogens is 3. The molecule has 7 nitrogen and oxygen atoms in total. The summed E-state index contributed by atoms with van der Waals surface area (Å²) in [6, 6.07) is 0.577. The smallest absolute Gasteiger partial charge is 0.189 e. The number of guanidine groups is 1. The summed E-state index contributed by atoms with van der Waals surface area (Å²) in [7, 11) is 0. The molecule has 1 aliphatic heterocycles. The van der Waals surface area contributed by atoms with E-state index in [0.717, 1.165) is 25.5 Å². The van der Waals surface area contributed by atoms with Crippen molar-refractivity contribution >= 4 is 5.96 Å². The minimum absolute atomic E-state index is 0.467. The summed E-state index contributed by atoms with van der Waals surface area (Å²) < 4.78 is 1.96. The first-order valence-corrected chi connectivity index (χ1v) is 7.39. The van der Waals surface area contributed by atoms with Crippen molar-refractivity contribution < 1.29 is 0 Å². The van der Waals surface area contributed by atoms with Gasteiger partial charge in [0.25, 0.3) is 0 Å². The van der Waals surface area contributed by atoms with E-state index in [1.807, 2.05) is 4.57 Å². The molecule has 2 rings (SSSR count). The first-order chi connectivity index (χ1) is 9.74. The van der Waals surface area contributed by atoms with Crippen molar-refractivity contribution in [2.24, 2.45) is 10.7 Å². The molecule has 1 aromatic rings. The fourth-order valence-electron chi connectivity index (χ4n) is 2.64. The van der Waals surface area contributed by atoms with Gasteiger partial charge in [0.1, 0.15) is 12.9 Å². The van der Waals surface area contributed by atoms with Gasteiger partial charge in [-0.25, -0.2) is 4.99 Å². The van der Waals surface area contributed by atoms with E-state index < -0.39 is 0 Å². The van der Waals surface area contributed by atoms with Crippen molar-refractivity contribution in [3.8, 4) is 0 Å². The third kappa shape index (κ3) is 3.69. The molecular weight excluding hydrogens is 254 g/mol. The predicted octanol–water partition coefficient (Wildman–Crippen LogP) is 0.187. The van der Waals surface area contributed by atoms with Gasteiger partial charge in [-0.05, 0) is 32.9 Å². The first-order valence-electron chi connectivity index (χ1n) is 7.39. The third-order valence-electron chi connectivity index (χ3n) is 3.85. The fraction of sp³-hybridized carbons (Fsp3) is 0.769. The molecule has 0 radical (unpaired) electrons. The highest BCUT2D eigenvalue weighted by molar-refractivity contribution is 5.77. The molecule has 0 saturated carbocycles. The summed E-state index contributed by atoms with van der Waals surface area (Å²) in [5.74, 6) is 1.33. The third-order valence-corrected chi connectivity index (χ3v) is 3.85. The standard InChI is InChI=1S/C13H25N7/c1-3-19-7-5-6-11(19)8-15-13(14)16-9-12-18-17-10-20(12)4-2/h10-11H,3-9H2,1-2H3,(H3,14,15,16). The lowest BCUT2D eigenvalue weighted by Crippen LogP contribution is -2.42. The maximum Gasteiger partial charge on any atom is 0.189 e. The fourth-order valence-corrected chi connectivity index (χ4v) is 2.64. The number of hydrogen-bond acceptors (Lipinski definition) is 4. The quantitative estimate of drug-likeness (QED) is 0.573. The molecule has 0 spiro atoms. The Bertz CT molecular complexity index is 440. The first kappa shape index (κ1) is 14.8. The van der Waals surface area contributed by atoms with Gasteiger partial charge in [-0.2, -0.15) is 0 Å². The number of likely N-dealkylation sites (N-methyl/N-ethyl adjacent to an activating group) is 1. The number of nitrogens with one attached hydrogen (secondary N) is 1. The second-order valence-electron chi connectivity index (χ2n) is 5.04. The summed E-state index contributed by atoms with van der Waals surface area (Å²) in [5, 5.41) is 11.1. The predicted molar refractivity (Wildman–Crippen MR) is 79.3 cm³/mol. The molecule has 1 unspecified atom stereocenters. The van der Waals surface area contributed by atoms with Gasteiger partial charge in [0.2, 0.25) is 0 Å². The van der Waals surface area contributed by atoms with E-state index in [2.05, 4.69) is 39.3 Å². The molecule has 3 N–H and O–H groups in total. The number of hydrogen-bond donors (Lipinski definition) is 2. The van der Waals surface area contributed by atoms with E-state index >= 15 is 0 Å². The molecule has 20 heavy (non-hydrogen) atoms. The Labute approximate surface area is 120 Å². The van der Waals surface area contributed by atoms with E-state index in [1.54, 1.807) is 6.33 Å². The minimum atomic E-state index is 0.467. The van der Waals surface area contributed by atoms with Crippen LogP contribution >= 0.6 is 0 Å². The Morgan fingerprint density at radius 3 is 3.10 bits per heavy atom. The summed E-state index contributed by atoms with van der Waals surface area (Å²) in [4.78, 5) is 6.81. The summed E-state index contributed by atoms with van der Waals surface area (Å²) in [6.45, 7) is 8.73. The van der Waals surface area contributed by atoms with Gasteiger partial charge in [0.05, 0.1) is 0 Å². The molecule has 112 valence electrons. The Hall–Kier alpha value is -1.63. The molecule has 0 amide bonds. The van der Waals surface area contributed by atoms with E-state index in [-0.39, 0.29) is 0 Å². The summed E-state index contributed by atoms with van der Waals surface area (Å²) in [5.41, 5.74) is 5.91. The monoisotopic (exact) mass is 279 g/mol. The highest BCUT2D eigenvalue weighted by Gasteiger charge is 2.22. The number of likely N-dealkylation sites (tertiary alicyclic amines) is 1. The molecule has 0 bridgehead atoms. The molecule has 1 aliphatic rings. The van der Waals surface area contributed by atoms with Gasteiger partial charge in [0, 0.05) is 19.1 Å². The van der Waals surface area contributed by atoms with Crippen LogP contribution in [0, 0.1) is 0 Å². The van der Waals surface area contributed by atoms with E-state index in [9.17, 15) is 0 Å². The number of rotatable bonds is 6. The normalized spacial score (nSPS) is 20.5. The van der Waals surface area contributed by atoms with Crippen molar-refractivity contribution in [1.29, 1.82) is 0 Å². The van der Waals surface area contributed by atoms with Gasteiger partial charge in [-0.3, -0.25) is 4.90 Å². The Morgan fingerprint density at radius 1 is 1.50 bits per heavy atom. The topological polar surface area (TPSA) is 84.4 Å². The molecule has 1 atom stereocenters. The highest BCUT2D eigenvalue weighted by Crippen LogP contribution is 2.15. The van der Waals surface area contributed by atoms with Crippen molar-refractivity contribution in [3.05, 3.63) is 12.2 Å². The Balaban J connectivity index is 1.79. The maximum atomic E-state index is 5.91. The van der Waals surface area contributed by atoms with Crippen LogP contribution < -0.4 is 11.1 Å². The van der Waals surface area contributed by atoms with E-state index in [4.69, 9.17) is 5.73 Å². The van der Waals surface area contributed by atoms with E-state index in [0.29, 0.717) is 18.5 Å². The van der Waals surface area contributed by atoms with Gasteiger partial charge in [0.15, 0.2) is 11.8 Å². The molecule has 7 heteroatoms. The largest absolute Gasteiger partial charge is 0.370 e. The van der Waals surface area contributed by atoms with Gasteiger partial charge in [-0.15, -0.1) is 10.2 Å². The van der Waals surface area contributed by atoms with Crippen LogP contribution in [0.4, 0.5) is 0 Å². The Kier molecular flexibility index (Phi) is 5.34. The van der Waals surface area contributed by atoms with Gasteiger partial charge >= 0.3 is 0 Å². The molecule has 1 saturated heterocycles. The molecule has 2 heterocycles. The van der Waals surface area contributed by atoms with Crippen molar-refractivity contribution in [1.82, 2.24) is 25.0 Å². The van der Waals surface area contributed by atoms with Crippen molar-refractivity contribution in [2.75, 3.05) is 19.6 Å². The van der Waals surface area contributed by atoms with Crippen LogP contribution in [0.2, 0.25) is 0 Å². The minimum Gasteiger partial charge on any atom is -0.370 e. The van der Waals surface area contributed by atoms with Crippen LogP contribution in [0.1, 0.15) is 32.5 Å². The zero-order valence-electron chi connectivity index (χ0n) is 12.4. The lowest BCUT2D eigenvalue weighted by atomic mass is 10.2. The zero-order chi connectivity index (χ0) is 14.4. The Morgan fingerprint density at radius 2 is 2.35 bits per heavy atom. The maximum absolute atomic E-state index is 5.91. The van der Waals surface area contributed by atoms with E-state index in [1.165, 1.54) is 19.4 Å². The number of aliphatic imine (C=N–C) groups is 1.